The zero-order valence-corrected chi connectivity index (χ0v) is 16.1. The Kier molecular flexibility index (Phi) is 4.16. The second kappa shape index (κ2) is 6.58. The Balaban J connectivity index is 1.37. The van der Waals surface area contributed by atoms with Crippen molar-refractivity contribution in [2.75, 3.05) is 13.1 Å². The minimum Gasteiger partial charge on any atom is -0.367 e. The van der Waals surface area contributed by atoms with Crippen molar-refractivity contribution in [1.29, 1.82) is 0 Å². The molecule has 6 nitrogen and oxygen atoms in total. The van der Waals surface area contributed by atoms with Crippen molar-refractivity contribution in [2.24, 2.45) is 5.73 Å². The largest absolute Gasteiger partial charge is 0.367 e. The molecule has 3 N–H and O–H groups in total. The van der Waals surface area contributed by atoms with E-state index in [9.17, 15) is 4.79 Å². The number of benzene rings is 1. The first-order valence-corrected chi connectivity index (χ1v) is 9.83. The van der Waals surface area contributed by atoms with Crippen molar-refractivity contribution in [3.05, 3.63) is 64.6 Å². The van der Waals surface area contributed by atoms with E-state index in [1.807, 2.05) is 24.4 Å². The number of piperidine rings is 1. The van der Waals surface area contributed by atoms with Crippen LogP contribution in [0.25, 0.3) is 10.9 Å². The number of nitrogens with two attached hydrogens (primary N) is 1. The molecule has 1 aromatic carbocycles. The van der Waals surface area contributed by atoms with Crippen LogP contribution in [0, 0.1) is 0 Å². The first-order chi connectivity index (χ1) is 13.6. The molecule has 7 heteroatoms. The number of carbonyl (C=O) groups excluding carboxylic acids is 1. The SMILES string of the molecule is NC(=O)C1OC2(CCN(Cc3c[nH]c4ccncc34)CC2)c2cc(Cl)ccc21. The van der Waals surface area contributed by atoms with Crippen LogP contribution in [0.3, 0.4) is 0 Å². The second-order valence-corrected chi connectivity index (χ2v) is 8.07. The molecule has 1 fully saturated rings. The van der Waals surface area contributed by atoms with Gasteiger partial charge in [0.25, 0.3) is 5.91 Å². The minimum atomic E-state index is -0.696. The number of hydrogen-bond acceptors (Lipinski definition) is 4. The van der Waals surface area contributed by atoms with E-state index in [1.54, 1.807) is 12.3 Å². The summed E-state index contributed by atoms with van der Waals surface area (Å²) in [5.41, 5.74) is 9.32. The van der Waals surface area contributed by atoms with Gasteiger partial charge in [0.05, 0.1) is 5.60 Å². The maximum atomic E-state index is 11.9. The van der Waals surface area contributed by atoms with Gasteiger partial charge in [0.1, 0.15) is 0 Å². The van der Waals surface area contributed by atoms with Gasteiger partial charge in [-0.15, -0.1) is 0 Å². The van der Waals surface area contributed by atoms with E-state index in [4.69, 9.17) is 22.1 Å². The van der Waals surface area contributed by atoms with Crippen molar-refractivity contribution in [3.63, 3.8) is 0 Å². The van der Waals surface area contributed by atoms with Gasteiger partial charge in [0, 0.05) is 54.2 Å². The summed E-state index contributed by atoms with van der Waals surface area (Å²) in [7, 11) is 0. The van der Waals surface area contributed by atoms with Crippen LogP contribution in [0.5, 0.6) is 0 Å². The van der Waals surface area contributed by atoms with Crippen LogP contribution < -0.4 is 5.73 Å². The third kappa shape index (κ3) is 2.80. The predicted octanol–water partition coefficient (Wildman–Crippen LogP) is 3.26. The van der Waals surface area contributed by atoms with Crippen LogP contribution in [0.2, 0.25) is 5.02 Å². The van der Waals surface area contributed by atoms with Gasteiger partial charge in [-0.05, 0) is 47.7 Å². The zero-order chi connectivity index (χ0) is 19.3. The highest BCUT2D eigenvalue weighted by Gasteiger charge is 2.48. The maximum Gasteiger partial charge on any atom is 0.251 e. The first kappa shape index (κ1) is 17.7. The molecule has 2 aliphatic heterocycles. The fourth-order valence-corrected chi connectivity index (χ4v) is 4.74. The Labute approximate surface area is 167 Å². The number of ether oxygens (including phenoxy) is 1. The number of nitrogens with zero attached hydrogens (tertiary/aromatic N) is 2. The molecule has 0 saturated carbocycles. The van der Waals surface area contributed by atoms with E-state index in [1.165, 1.54) is 5.56 Å². The normalized spacial score (nSPS) is 21.2. The summed E-state index contributed by atoms with van der Waals surface area (Å²) in [4.78, 5) is 21.9. The number of nitrogens with one attached hydrogen (secondary N) is 1. The van der Waals surface area contributed by atoms with E-state index < -0.39 is 17.6 Å². The predicted molar refractivity (Wildman–Crippen MR) is 107 cm³/mol. The summed E-state index contributed by atoms with van der Waals surface area (Å²) >= 11 is 6.24. The number of halogens is 1. The molecule has 2 aliphatic rings. The number of amides is 1. The molecule has 1 atom stereocenters. The highest BCUT2D eigenvalue weighted by atomic mass is 35.5. The molecule has 4 heterocycles. The molecule has 2 aromatic heterocycles. The number of primary amides is 1. The molecule has 144 valence electrons. The number of fused-ring (bicyclic) bond motifs is 3. The number of aromatic nitrogens is 2. The zero-order valence-electron chi connectivity index (χ0n) is 15.3. The van der Waals surface area contributed by atoms with Gasteiger partial charge in [-0.1, -0.05) is 17.7 Å². The summed E-state index contributed by atoms with van der Waals surface area (Å²) in [6.07, 6.45) is 6.65. The van der Waals surface area contributed by atoms with Gasteiger partial charge in [-0.2, -0.15) is 0 Å². The quantitative estimate of drug-likeness (QED) is 0.711. The molecule has 0 aliphatic carbocycles. The van der Waals surface area contributed by atoms with E-state index >= 15 is 0 Å². The van der Waals surface area contributed by atoms with Crippen LogP contribution in [0.1, 0.15) is 35.6 Å². The highest BCUT2D eigenvalue weighted by molar-refractivity contribution is 6.30. The fourth-order valence-electron chi connectivity index (χ4n) is 4.57. The van der Waals surface area contributed by atoms with Gasteiger partial charge in [0.15, 0.2) is 6.10 Å². The Hall–Kier alpha value is -2.41. The van der Waals surface area contributed by atoms with Crippen molar-refractivity contribution >= 4 is 28.4 Å². The summed E-state index contributed by atoms with van der Waals surface area (Å²) in [5.74, 6) is -0.450. The molecule has 1 amide bonds. The standard InChI is InChI=1S/C21H21ClN4O2/c22-14-1-2-15-17(9-14)21(28-19(15)20(23)27)4-7-26(8-5-21)12-13-10-25-18-3-6-24-11-16(13)18/h1-3,6,9-11,19,25H,4-5,7-8,12H2,(H2,23,27). The van der Waals surface area contributed by atoms with Crippen molar-refractivity contribution in [1.82, 2.24) is 14.9 Å². The molecule has 1 spiro atoms. The lowest BCUT2D eigenvalue weighted by atomic mass is 9.83. The van der Waals surface area contributed by atoms with Crippen LogP contribution >= 0.6 is 11.6 Å². The van der Waals surface area contributed by atoms with Crippen LogP contribution in [-0.2, 0) is 21.7 Å². The van der Waals surface area contributed by atoms with Gasteiger partial charge >= 0.3 is 0 Å². The summed E-state index contributed by atoms with van der Waals surface area (Å²) in [6.45, 7) is 2.58. The minimum absolute atomic E-state index is 0.450. The lowest BCUT2D eigenvalue weighted by molar-refractivity contribution is -0.148. The number of aromatic amines is 1. The lowest BCUT2D eigenvalue weighted by Crippen LogP contribution is -2.42. The molecular formula is C21H21ClN4O2. The Morgan fingerprint density at radius 2 is 2.18 bits per heavy atom. The molecule has 28 heavy (non-hydrogen) atoms. The molecule has 3 aromatic rings. The van der Waals surface area contributed by atoms with Crippen LogP contribution in [-0.4, -0.2) is 33.9 Å². The van der Waals surface area contributed by atoms with E-state index in [0.29, 0.717) is 5.02 Å². The monoisotopic (exact) mass is 396 g/mol. The Morgan fingerprint density at radius 3 is 2.96 bits per heavy atom. The Bertz CT molecular complexity index is 1060. The van der Waals surface area contributed by atoms with Crippen molar-refractivity contribution in [2.45, 2.75) is 31.1 Å². The molecule has 1 unspecified atom stereocenters. The highest BCUT2D eigenvalue weighted by Crippen LogP contribution is 2.50. The number of rotatable bonds is 3. The molecule has 1 saturated heterocycles. The lowest BCUT2D eigenvalue weighted by Gasteiger charge is -2.39. The van der Waals surface area contributed by atoms with Gasteiger partial charge in [-0.3, -0.25) is 14.7 Å². The number of likely N-dealkylation sites (tertiary alicyclic amines) is 1. The third-order valence-electron chi connectivity index (χ3n) is 6.02. The average Bonchev–Trinajstić information content (AvgIpc) is 3.24. The first-order valence-electron chi connectivity index (χ1n) is 9.45. The van der Waals surface area contributed by atoms with Gasteiger partial charge in [-0.25, -0.2) is 0 Å². The maximum absolute atomic E-state index is 11.9. The van der Waals surface area contributed by atoms with Crippen LogP contribution in [0.15, 0.2) is 42.9 Å². The van der Waals surface area contributed by atoms with E-state index in [0.717, 1.165) is 54.5 Å². The number of carbonyl (C=O) groups is 1. The molecular weight excluding hydrogens is 376 g/mol. The topological polar surface area (TPSA) is 84.2 Å². The fraction of sp³-hybridized carbons (Fsp3) is 0.333. The third-order valence-corrected chi connectivity index (χ3v) is 6.25. The van der Waals surface area contributed by atoms with E-state index in [-0.39, 0.29) is 0 Å². The van der Waals surface area contributed by atoms with Crippen molar-refractivity contribution in [3.8, 4) is 0 Å². The summed E-state index contributed by atoms with van der Waals surface area (Å²) in [6, 6.07) is 7.58. The van der Waals surface area contributed by atoms with Gasteiger partial charge < -0.3 is 15.5 Å². The average molecular weight is 397 g/mol. The number of H-pyrrole nitrogens is 1. The molecule has 0 bridgehead atoms. The Morgan fingerprint density at radius 1 is 1.36 bits per heavy atom. The molecule has 0 radical (unpaired) electrons. The van der Waals surface area contributed by atoms with E-state index in [2.05, 4.69) is 21.1 Å². The van der Waals surface area contributed by atoms with Crippen molar-refractivity contribution < 1.29 is 9.53 Å². The molecule has 5 rings (SSSR count). The smallest absolute Gasteiger partial charge is 0.251 e. The van der Waals surface area contributed by atoms with Gasteiger partial charge in [0.2, 0.25) is 0 Å². The van der Waals surface area contributed by atoms with Crippen LogP contribution in [0.4, 0.5) is 0 Å². The summed E-state index contributed by atoms with van der Waals surface area (Å²) < 4.78 is 6.25. The summed E-state index contributed by atoms with van der Waals surface area (Å²) in [5, 5.41) is 1.81. The number of hydrogen-bond donors (Lipinski definition) is 2. The second-order valence-electron chi connectivity index (χ2n) is 7.64. The number of pyridine rings is 1.